The molecule has 1 saturated heterocycles. The molecule has 1 aliphatic heterocycles. The molecule has 0 aliphatic carbocycles. The summed E-state index contributed by atoms with van der Waals surface area (Å²) in [5.74, 6) is -0.00498. The number of nitrogens with one attached hydrogen (secondary N) is 2. The summed E-state index contributed by atoms with van der Waals surface area (Å²) < 4.78 is 10.5. The summed E-state index contributed by atoms with van der Waals surface area (Å²) in [7, 11) is 1.56. The Morgan fingerprint density at radius 2 is 2.24 bits per heavy atom. The quantitative estimate of drug-likeness (QED) is 0.775. The lowest BCUT2D eigenvalue weighted by Crippen LogP contribution is -2.34. The highest BCUT2D eigenvalue weighted by Gasteiger charge is 2.17. The molecule has 114 valence electrons. The molecule has 2 amide bonds. The molecule has 1 atom stereocenters. The second-order valence-corrected chi connectivity index (χ2v) is 4.90. The normalized spacial score (nSPS) is 17.3. The zero-order valence-electron chi connectivity index (χ0n) is 12.1. The molecule has 6 heteroatoms. The Kier molecular flexibility index (Phi) is 5.57. The van der Waals surface area contributed by atoms with Crippen LogP contribution in [0, 0.1) is 0 Å². The van der Waals surface area contributed by atoms with E-state index in [9.17, 15) is 9.59 Å². The number of ether oxygens (including phenoxy) is 2. The molecule has 6 nitrogen and oxygen atoms in total. The van der Waals surface area contributed by atoms with Crippen molar-refractivity contribution in [1.29, 1.82) is 0 Å². The summed E-state index contributed by atoms with van der Waals surface area (Å²) in [5.41, 5.74) is 0.603. The van der Waals surface area contributed by atoms with Crippen LogP contribution >= 0.6 is 0 Å². The number of rotatable bonds is 6. The standard InChI is InChI=1S/C15H20N2O4/c1-20-12-5-2-4-11(8-12)17-15(19)9-14(18)16-10-13-6-3-7-21-13/h2,4-5,8,13H,3,6-7,9-10H2,1H3,(H,16,18)(H,17,19). The van der Waals surface area contributed by atoms with Crippen molar-refractivity contribution in [3.63, 3.8) is 0 Å². The molecule has 0 bridgehead atoms. The lowest BCUT2D eigenvalue weighted by atomic mass is 10.2. The van der Waals surface area contributed by atoms with Crippen LogP contribution in [0.2, 0.25) is 0 Å². The van der Waals surface area contributed by atoms with Gasteiger partial charge >= 0.3 is 0 Å². The Balaban J connectivity index is 1.73. The van der Waals surface area contributed by atoms with Crippen LogP contribution in [0.15, 0.2) is 24.3 Å². The minimum absolute atomic E-state index is 0.0791. The van der Waals surface area contributed by atoms with Crippen molar-refractivity contribution in [3.05, 3.63) is 24.3 Å². The fourth-order valence-electron chi connectivity index (χ4n) is 2.15. The molecule has 1 fully saturated rings. The fraction of sp³-hybridized carbons (Fsp3) is 0.467. The molecule has 2 N–H and O–H groups in total. The molecule has 1 aromatic rings. The van der Waals surface area contributed by atoms with Gasteiger partial charge in [-0.25, -0.2) is 0 Å². The van der Waals surface area contributed by atoms with Gasteiger partial charge in [-0.05, 0) is 25.0 Å². The molecule has 0 radical (unpaired) electrons. The Labute approximate surface area is 123 Å². The van der Waals surface area contributed by atoms with Crippen molar-refractivity contribution in [3.8, 4) is 5.75 Å². The van der Waals surface area contributed by atoms with Gasteiger partial charge in [0.2, 0.25) is 11.8 Å². The molecule has 1 heterocycles. The van der Waals surface area contributed by atoms with Gasteiger partial charge in [0.25, 0.3) is 0 Å². The lowest BCUT2D eigenvalue weighted by Gasteiger charge is -2.11. The molecular formula is C15H20N2O4. The van der Waals surface area contributed by atoms with E-state index in [4.69, 9.17) is 9.47 Å². The number of hydrogen-bond acceptors (Lipinski definition) is 4. The van der Waals surface area contributed by atoms with Crippen LogP contribution in [0.25, 0.3) is 0 Å². The molecule has 1 aliphatic rings. The van der Waals surface area contributed by atoms with Crippen LogP contribution in [0.1, 0.15) is 19.3 Å². The zero-order valence-corrected chi connectivity index (χ0v) is 12.1. The van der Waals surface area contributed by atoms with E-state index in [-0.39, 0.29) is 24.3 Å². The maximum atomic E-state index is 11.8. The van der Waals surface area contributed by atoms with E-state index in [0.717, 1.165) is 19.4 Å². The fourth-order valence-corrected chi connectivity index (χ4v) is 2.15. The third kappa shape index (κ3) is 5.07. The monoisotopic (exact) mass is 292 g/mol. The van der Waals surface area contributed by atoms with Crippen LogP contribution in [0.3, 0.4) is 0 Å². The predicted octanol–water partition coefficient (Wildman–Crippen LogP) is 1.32. The molecule has 21 heavy (non-hydrogen) atoms. The summed E-state index contributed by atoms with van der Waals surface area (Å²) in [5, 5.41) is 5.38. The third-order valence-corrected chi connectivity index (χ3v) is 3.23. The Bertz CT molecular complexity index is 498. The van der Waals surface area contributed by atoms with Crippen LogP contribution < -0.4 is 15.4 Å². The minimum atomic E-state index is -0.354. The predicted molar refractivity (Wildman–Crippen MR) is 78.2 cm³/mol. The van der Waals surface area contributed by atoms with Gasteiger partial charge < -0.3 is 20.1 Å². The summed E-state index contributed by atoms with van der Waals surface area (Å²) >= 11 is 0. The van der Waals surface area contributed by atoms with Crippen molar-refractivity contribution in [2.75, 3.05) is 25.6 Å². The van der Waals surface area contributed by atoms with Crippen LogP contribution in [0.4, 0.5) is 5.69 Å². The molecular weight excluding hydrogens is 272 g/mol. The average Bonchev–Trinajstić information content (AvgIpc) is 2.98. The first-order chi connectivity index (χ1) is 10.2. The van der Waals surface area contributed by atoms with Gasteiger partial charge in [0, 0.05) is 24.9 Å². The van der Waals surface area contributed by atoms with Crippen molar-refractivity contribution in [1.82, 2.24) is 5.32 Å². The summed E-state index contributed by atoms with van der Waals surface area (Å²) in [4.78, 5) is 23.4. The van der Waals surface area contributed by atoms with Gasteiger partial charge in [-0.1, -0.05) is 6.07 Å². The number of anilines is 1. The third-order valence-electron chi connectivity index (χ3n) is 3.23. The molecule has 1 aromatic carbocycles. The van der Waals surface area contributed by atoms with E-state index in [0.29, 0.717) is 18.0 Å². The van der Waals surface area contributed by atoms with E-state index in [1.807, 2.05) is 0 Å². The molecule has 0 spiro atoms. The van der Waals surface area contributed by atoms with E-state index in [1.54, 1.807) is 31.4 Å². The number of carbonyl (C=O) groups excluding carboxylic acids is 2. The summed E-state index contributed by atoms with van der Waals surface area (Å²) in [6.07, 6.45) is 1.85. The van der Waals surface area contributed by atoms with Crippen LogP contribution in [-0.2, 0) is 14.3 Å². The second-order valence-electron chi connectivity index (χ2n) is 4.90. The van der Waals surface area contributed by atoms with Crippen molar-refractivity contribution in [2.45, 2.75) is 25.4 Å². The van der Waals surface area contributed by atoms with Crippen molar-refractivity contribution >= 4 is 17.5 Å². The molecule has 0 saturated carbocycles. The highest BCUT2D eigenvalue weighted by atomic mass is 16.5. The van der Waals surface area contributed by atoms with Crippen LogP contribution in [0.5, 0.6) is 5.75 Å². The minimum Gasteiger partial charge on any atom is -0.497 e. The highest BCUT2D eigenvalue weighted by molar-refractivity contribution is 6.03. The van der Waals surface area contributed by atoms with Crippen molar-refractivity contribution < 1.29 is 19.1 Å². The van der Waals surface area contributed by atoms with Gasteiger partial charge in [-0.3, -0.25) is 9.59 Å². The number of benzene rings is 1. The van der Waals surface area contributed by atoms with Gasteiger partial charge in [-0.15, -0.1) is 0 Å². The number of methoxy groups -OCH3 is 1. The van der Waals surface area contributed by atoms with Gasteiger partial charge in [0.05, 0.1) is 13.2 Å². The average molecular weight is 292 g/mol. The first-order valence-electron chi connectivity index (χ1n) is 6.99. The van der Waals surface area contributed by atoms with E-state index >= 15 is 0 Å². The van der Waals surface area contributed by atoms with Gasteiger partial charge in [0.15, 0.2) is 0 Å². The first kappa shape index (κ1) is 15.3. The van der Waals surface area contributed by atoms with Gasteiger partial charge in [0.1, 0.15) is 12.2 Å². The summed E-state index contributed by atoms with van der Waals surface area (Å²) in [6, 6.07) is 6.99. The van der Waals surface area contributed by atoms with Crippen LogP contribution in [-0.4, -0.2) is 38.2 Å². The maximum Gasteiger partial charge on any atom is 0.233 e. The first-order valence-corrected chi connectivity index (χ1v) is 6.99. The smallest absolute Gasteiger partial charge is 0.233 e. The van der Waals surface area contributed by atoms with E-state index in [1.165, 1.54) is 0 Å². The van der Waals surface area contributed by atoms with E-state index < -0.39 is 0 Å². The van der Waals surface area contributed by atoms with Crippen molar-refractivity contribution in [2.24, 2.45) is 0 Å². The highest BCUT2D eigenvalue weighted by Crippen LogP contribution is 2.16. The number of amides is 2. The Hall–Kier alpha value is -2.08. The SMILES string of the molecule is COc1cccc(NC(=O)CC(=O)NCC2CCCO2)c1. The van der Waals surface area contributed by atoms with E-state index in [2.05, 4.69) is 10.6 Å². The maximum absolute atomic E-state index is 11.8. The molecule has 1 unspecified atom stereocenters. The zero-order chi connectivity index (χ0) is 15.1. The number of carbonyl (C=O) groups is 2. The molecule has 2 rings (SSSR count). The largest absolute Gasteiger partial charge is 0.497 e. The Morgan fingerprint density at radius 1 is 1.38 bits per heavy atom. The second kappa shape index (κ2) is 7.64. The Morgan fingerprint density at radius 3 is 2.95 bits per heavy atom. The number of hydrogen-bond donors (Lipinski definition) is 2. The van der Waals surface area contributed by atoms with Gasteiger partial charge in [-0.2, -0.15) is 0 Å². The lowest BCUT2D eigenvalue weighted by molar-refractivity contribution is -0.127. The topological polar surface area (TPSA) is 76.7 Å². The summed E-state index contributed by atoms with van der Waals surface area (Å²) in [6.45, 7) is 1.21. The molecule has 0 aromatic heterocycles.